The van der Waals surface area contributed by atoms with Gasteiger partial charge < -0.3 is 19.0 Å². The number of ether oxygens (including phenoxy) is 1. The van der Waals surface area contributed by atoms with Crippen LogP contribution in [0, 0.1) is 6.92 Å². The first-order valence-electron chi connectivity index (χ1n) is 5.92. The topological polar surface area (TPSA) is 73.3 Å². The number of aryl methyl sites for hydroxylation is 1. The van der Waals surface area contributed by atoms with E-state index in [-0.39, 0.29) is 12.1 Å². The Labute approximate surface area is 104 Å². The van der Waals surface area contributed by atoms with Crippen LogP contribution in [0.3, 0.4) is 0 Å². The van der Waals surface area contributed by atoms with Crippen molar-refractivity contribution in [3.8, 4) is 11.6 Å². The van der Waals surface area contributed by atoms with Crippen LogP contribution in [0.1, 0.15) is 23.9 Å². The van der Waals surface area contributed by atoms with Crippen LogP contribution in [-0.2, 0) is 4.74 Å². The minimum Gasteiger partial charge on any atom is -0.461 e. The van der Waals surface area contributed by atoms with Crippen LogP contribution in [0.2, 0.25) is 0 Å². The van der Waals surface area contributed by atoms with E-state index in [0.29, 0.717) is 17.5 Å². The fraction of sp³-hybridized carbons (Fsp3) is 0.500. The molecule has 2 aromatic heterocycles. The van der Waals surface area contributed by atoms with E-state index in [1.165, 1.54) is 0 Å². The lowest BCUT2D eigenvalue weighted by Gasteiger charge is -2.04. The number of rotatable bonds is 3. The monoisotopic (exact) mass is 249 g/mol. The molecule has 96 valence electrons. The van der Waals surface area contributed by atoms with Crippen LogP contribution in [0.15, 0.2) is 21.3 Å². The summed E-state index contributed by atoms with van der Waals surface area (Å²) in [6.07, 6.45) is 2.67. The maximum absolute atomic E-state index is 5.34. The maximum Gasteiger partial charge on any atom is 0.244 e. The third-order valence-corrected chi connectivity index (χ3v) is 3.23. The molecule has 1 fully saturated rings. The van der Waals surface area contributed by atoms with E-state index >= 15 is 0 Å². The van der Waals surface area contributed by atoms with Crippen molar-refractivity contribution in [3.05, 3.63) is 23.8 Å². The normalized spacial score (nSPS) is 23.7. The average molecular weight is 249 g/mol. The SMILES string of the molecule is CO[C@@H]1CN[C@@H](c2nc(-c3occc3C)no2)C1. The first kappa shape index (κ1) is 11.4. The molecule has 0 spiro atoms. The number of methoxy groups -OCH3 is 1. The van der Waals surface area contributed by atoms with Gasteiger partial charge in [-0.15, -0.1) is 0 Å². The van der Waals surface area contributed by atoms with Crippen LogP contribution >= 0.6 is 0 Å². The highest BCUT2D eigenvalue weighted by Gasteiger charge is 2.29. The number of nitrogens with zero attached hydrogens (tertiary/aromatic N) is 2. The second kappa shape index (κ2) is 4.55. The molecular weight excluding hydrogens is 234 g/mol. The molecule has 1 aliphatic rings. The summed E-state index contributed by atoms with van der Waals surface area (Å²) in [5, 5.41) is 7.25. The Hall–Kier alpha value is -1.66. The van der Waals surface area contributed by atoms with Crippen molar-refractivity contribution in [2.45, 2.75) is 25.5 Å². The molecule has 1 saturated heterocycles. The number of nitrogens with one attached hydrogen (secondary N) is 1. The van der Waals surface area contributed by atoms with Crippen LogP contribution < -0.4 is 5.32 Å². The minimum absolute atomic E-state index is 0.0615. The van der Waals surface area contributed by atoms with Gasteiger partial charge in [-0.2, -0.15) is 4.98 Å². The molecule has 0 aromatic carbocycles. The molecule has 0 radical (unpaired) electrons. The highest BCUT2D eigenvalue weighted by atomic mass is 16.5. The van der Waals surface area contributed by atoms with Gasteiger partial charge in [-0.25, -0.2) is 0 Å². The number of hydrogen-bond acceptors (Lipinski definition) is 6. The first-order chi connectivity index (χ1) is 8.78. The first-order valence-corrected chi connectivity index (χ1v) is 5.92. The third kappa shape index (κ3) is 1.93. The van der Waals surface area contributed by atoms with Crippen molar-refractivity contribution in [2.75, 3.05) is 13.7 Å². The number of aromatic nitrogens is 2. The highest BCUT2D eigenvalue weighted by Crippen LogP contribution is 2.27. The standard InChI is InChI=1S/C12H15N3O3/c1-7-3-4-17-10(7)11-14-12(18-15-11)9-5-8(16-2)6-13-9/h3-4,8-9,13H,5-6H2,1-2H3/t8-,9+/m0/s1. The second-order valence-corrected chi connectivity index (χ2v) is 4.44. The van der Waals surface area contributed by atoms with Crippen LogP contribution in [0.25, 0.3) is 11.6 Å². The van der Waals surface area contributed by atoms with E-state index < -0.39 is 0 Å². The minimum atomic E-state index is 0.0615. The number of furan rings is 1. The Morgan fingerprint density at radius 2 is 2.39 bits per heavy atom. The van der Waals surface area contributed by atoms with Gasteiger partial charge in [-0.3, -0.25) is 0 Å². The molecule has 6 nitrogen and oxygen atoms in total. The van der Waals surface area contributed by atoms with E-state index in [0.717, 1.165) is 18.5 Å². The zero-order valence-corrected chi connectivity index (χ0v) is 10.3. The van der Waals surface area contributed by atoms with Gasteiger partial charge in [0, 0.05) is 13.7 Å². The van der Waals surface area contributed by atoms with E-state index in [4.69, 9.17) is 13.7 Å². The summed E-state index contributed by atoms with van der Waals surface area (Å²) < 4.78 is 15.9. The van der Waals surface area contributed by atoms with Gasteiger partial charge >= 0.3 is 0 Å². The predicted molar refractivity (Wildman–Crippen MR) is 62.9 cm³/mol. The summed E-state index contributed by atoms with van der Waals surface area (Å²) in [5.41, 5.74) is 0.997. The Morgan fingerprint density at radius 1 is 1.50 bits per heavy atom. The van der Waals surface area contributed by atoms with Gasteiger partial charge in [0.2, 0.25) is 11.7 Å². The molecule has 1 N–H and O–H groups in total. The smallest absolute Gasteiger partial charge is 0.244 e. The Balaban J connectivity index is 1.80. The van der Waals surface area contributed by atoms with Crippen molar-refractivity contribution < 1.29 is 13.7 Å². The predicted octanol–water partition coefficient (Wildman–Crippen LogP) is 1.69. The zero-order chi connectivity index (χ0) is 12.5. The molecule has 3 rings (SSSR count). The molecule has 3 heterocycles. The van der Waals surface area contributed by atoms with E-state index in [2.05, 4.69) is 15.5 Å². The van der Waals surface area contributed by atoms with Gasteiger partial charge in [0.1, 0.15) is 0 Å². The molecule has 1 aliphatic heterocycles. The fourth-order valence-corrected chi connectivity index (χ4v) is 2.14. The van der Waals surface area contributed by atoms with E-state index in [9.17, 15) is 0 Å². The molecule has 0 unspecified atom stereocenters. The molecule has 0 saturated carbocycles. The van der Waals surface area contributed by atoms with Crippen molar-refractivity contribution in [2.24, 2.45) is 0 Å². The molecular formula is C12H15N3O3. The summed E-state index contributed by atoms with van der Waals surface area (Å²) in [6.45, 7) is 2.75. The Bertz CT molecular complexity index is 534. The lowest BCUT2D eigenvalue weighted by molar-refractivity contribution is 0.116. The summed E-state index contributed by atoms with van der Waals surface area (Å²) in [4.78, 5) is 4.37. The average Bonchev–Trinajstić information content (AvgIpc) is 3.07. The van der Waals surface area contributed by atoms with Gasteiger partial charge in [-0.05, 0) is 25.0 Å². The van der Waals surface area contributed by atoms with Crippen molar-refractivity contribution in [3.63, 3.8) is 0 Å². The quantitative estimate of drug-likeness (QED) is 0.892. The van der Waals surface area contributed by atoms with Crippen molar-refractivity contribution in [1.82, 2.24) is 15.5 Å². The van der Waals surface area contributed by atoms with Crippen LogP contribution in [0.4, 0.5) is 0 Å². The lowest BCUT2D eigenvalue weighted by Crippen LogP contribution is -2.16. The third-order valence-electron chi connectivity index (χ3n) is 3.23. The van der Waals surface area contributed by atoms with Gasteiger partial charge in [0.15, 0.2) is 5.76 Å². The molecule has 18 heavy (non-hydrogen) atoms. The summed E-state index contributed by atoms with van der Waals surface area (Å²) >= 11 is 0. The van der Waals surface area contributed by atoms with Gasteiger partial charge in [0.05, 0.1) is 18.4 Å². The summed E-state index contributed by atoms with van der Waals surface area (Å²) in [6, 6.07) is 1.94. The Morgan fingerprint density at radius 3 is 3.06 bits per heavy atom. The second-order valence-electron chi connectivity index (χ2n) is 4.44. The fourth-order valence-electron chi connectivity index (χ4n) is 2.14. The van der Waals surface area contributed by atoms with E-state index in [1.807, 2.05) is 13.0 Å². The molecule has 2 atom stereocenters. The largest absolute Gasteiger partial charge is 0.461 e. The van der Waals surface area contributed by atoms with Crippen LogP contribution in [0.5, 0.6) is 0 Å². The zero-order valence-electron chi connectivity index (χ0n) is 10.3. The lowest BCUT2D eigenvalue weighted by atomic mass is 10.2. The molecule has 0 amide bonds. The van der Waals surface area contributed by atoms with Crippen LogP contribution in [-0.4, -0.2) is 29.9 Å². The Kier molecular flexibility index (Phi) is 2.89. The van der Waals surface area contributed by atoms with Crippen molar-refractivity contribution >= 4 is 0 Å². The molecule has 0 aliphatic carbocycles. The molecule has 6 heteroatoms. The van der Waals surface area contributed by atoms with E-state index in [1.54, 1.807) is 13.4 Å². The summed E-state index contributed by atoms with van der Waals surface area (Å²) in [5.74, 6) is 1.74. The molecule has 2 aromatic rings. The highest BCUT2D eigenvalue weighted by molar-refractivity contribution is 5.51. The van der Waals surface area contributed by atoms with Crippen molar-refractivity contribution in [1.29, 1.82) is 0 Å². The molecule has 0 bridgehead atoms. The van der Waals surface area contributed by atoms with Gasteiger partial charge in [-0.1, -0.05) is 5.16 Å². The maximum atomic E-state index is 5.34. The van der Waals surface area contributed by atoms with Gasteiger partial charge in [0.25, 0.3) is 0 Å². The summed E-state index contributed by atoms with van der Waals surface area (Å²) in [7, 11) is 1.71. The number of hydrogen-bond donors (Lipinski definition) is 1.